The molecule has 0 N–H and O–H groups in total. The van der Waals surface area contributed by atoms with Gasteiger partial charge < -0.3 is 9.30 Å². The molecular weight excluding hydrogens is 270 g/mol. The average Bonchev–Trinajstić information content (AvgIpc) is 3.17. The highest BCUT2D eigenvalue weighted by molar-refractivity contribution is 7.13. The monoisotopic (exact) mass is 285 g/mol. The van der Waals surface area contributed by atoms with Crippen molar-refractivity contribution in [2.24, 2.45) is 0 Å². The van der Waals surface area contributed by atoms with Gasteiger partial charge in [0.2, 0.25) is 0 Å². The van der Waals surface area contributed by atoms with Crippen molar-refractivity contribution in [1.82, 2.24) is 14.5 Å². The van der Waals surface area contributed by atoms with Crippen LogP contribution in [0.5, 0.6) is 5.75 Å². The van der Waals surface area contributed by atoms with Crippen molar-refractivity contribution in [2.45, 2.75) is 13.0 Å². The fraction of sp³-hybridized carbons (Fsp3) is 0.200. The molecule has 0 amide bonds. The van der Waals surface area contributed by atoms with Crippen LogP contribution in [0.3, 0.4) is 0 Å². The summed E-state index contributed by atoms with van der Waals surface area (Å²) < 4.78 is 7.94. The number of aromatic nitrogens is 3. The molecule has 3 rings (SSSR count). The lowest BCUT2D eigenvalue weighted by Crippen LogP contribution is -2.03. The first kappa shape index (κ1) is 12.9. The molecule has 3 aromatic rings. The van der Waals surface area contributed by atoms with E-state index in [1.165, 1.54) is 0 Å². The standard InChI is InChI=1S/C15H15N3OS/c1-2-5-14(13(4-1)15-17-7-11-20-15)19-10-3-8-18-9-6-16-12-18/h1-2,4-7,9,11-12H,3,8,10H2. The first-order valence-electron chi connectivity index (χ1n) is 6.51. The normalized spacial score (nSPS) is 10.6. The van der Waals surface area contributed by atoms with E-state index in [4.69, 9.17) is 4.74 Å². The maximum absolute atomic E-state index is 5.89. The van der Waals surface area contributed by atoms with E-state index in [9.17, 15) is 0 Å². The van der Waals surface area contributed by atoms with Crippen LogP contribution in [0.2, 0.25) is 0 Å². The van der Waals surface area contributed by atoms with Gasteiger partial charge in [-0.1, -0.05) is 12.1 Å². The number of rotatable bonds is 6. The van der Waals surface area contributed by atoms with Crippen LogP contribution in [0.25, 0.3) is 10.6 Å². The van der Waals surface area contributed by atoms with Gasteiger partial charge in [0.15, 0.2) is 0 Å². The Morgan fingerprint density at radius 3 is 2.95 bits per heavy atom. The second kappa shape index (κ2) is 6.34. The van der Waals surface area contributed by atoms with Gasteiger partial charge in [0.1, 0.15) is 10.8 Å². The van der Waals surface area contributed by atoms with Gasteiger partial charge >= 0.3 is 0 Å². The number of hydrogen-bond acceptors (Lipinski definition) is 4. The first-order chi connectivity index (χ1) is 9.93. The van der Waals surface area contributed by atoms with Crippen molar-refractivity contribution in [2.75, 3.05) is 6.61 Å². The molecule has 0 bridgehead atoms. The van der Waals surface area contributed by atoms with Crippen molar-refractivity contribution >= 4 is 11.3 Å². The summed E-state index contributed by atoms with van der Waals surface area (Å²) in [6.45, 7) is 1.60. The summed E-state index contributed by atoms with van der Waals surface area (Å²) in [7, 11) is 0. The summed E-state index contributed by atoms with van der Waals surface area (Å²) >= 11 is 1.62. The van der Waals surface area contributed by atoms with Gasteiger partial charge in [0.05, 0.1) is 18.5 Å². The van der Waals surface area contributed by atoms with Crippen LogP contribution < -0.4 is 4.74 Å². The van der Waals surface area contributed by atoms with E-state index in [1.807, 2.05) is 48.4 Å². The highest BCUT2D eigenvalue weighted by atomic mass is 32.1. The molecule has 0 radical (unpaired) electrons. The highest BCUT2D eigenvalue weighted by Crippen LogP contribution is 2.31. The maximum atomic E-state index is 5.89. The second-order valence-corrected chi connectivity index (χ2v) is 5.23. The molecule has 0 atom stereocenters. The molecular formula is C15H15N3OS. The van der Waals surface area contributed by atoms with Crippen LogP contribution in [-0.2, 0) is 6.54 Å². The van der Waals surface area contributed by atoms with Gasteiger partial charge in [-0.15, -0.1) is 11.3 Å². The Hall–Kier alpha value is -2.14. The van der Waals surface area contributed by atoms with E-state index in [0.717, 1.165) is 29.3 Å². The Morgan fingerprint density at radius 2 is 2.15 bits per heavy atom. The van der Waals surface area contributed by atoms with Crippen molar-refractivity contribution in [3.8, 4) is 16.3 Å². The average molecular weight is 285 g/mol. The Kier molecular flexibility index (Phi) is 4.08. The molecule has 0 spiro atoms. The van der Waals surface area contributed by atoms with Crippen LogP contribution in [0.15, 0.2) is 54.6 Å². The number of imidazole rings is 1. The predicted octanol–water partition coefficient (Wildman–Crippen LogP) is 3.48. The number of nitrogens with zero attached hydrogens (tertiary/aromatic N) is 3. The predicted molar refractivity (Wildman–Crippen MR) is 79.9 cm³/mol. The number of thiazole rings is 1. The Morgan fingerprint density at radius 1 is 1.20 bits per heavy atom. The molecule has 20 heavy (non-hydrogen) atoms. The van der Waals surface area contributed by atoms with Gasteiger partial charge in [0.25, 0.3) is 0 Å². The molecule has 0 aliphatic rings. The summed E-state index contributed by atoms with van der Waals surface area (Å²) in [6, 6.07) is 8.04. The van der Waals surface area contributed by atoms with Gasteiger partial charge in [0, 0.05) is 30.5 Å². The fourth-order valence-corrected chi connectivity index (χ4v) is 2.64. The molecule has 2 heterocycles. The van der Waals surface area contributed by atoms with E-state index in [-0.39, 0.29) is 0 Å². The third kappa shape index (κ3) is 3.05. The van der Waals surface area contributed by atoms with E-state index >= 15 is 0 Å². The molecule has 2 aromatic heterocycles. The van der Waals surface area contributed by atoms with Crippen molar-refractivity contribution in [3.05, 3.63) is 54.6 Å². The van der Waals surface area contributed by atoms with Gasteiger partial charge in [-0.3, -0.25) is 0 Å². The zero-order valence-electron chi connectivity index (χ0n) is 11.0. The van der Waals surface area contributed by atoms with E-state index < -0.39 is 0 Å². The third-order valence-electron chi connectivity index (χ3n) is 2.93. The quantitative estimate of drug-likeness (QED) is 0.651. The van der Waals surface area contributed by atoms with Crippen molar-refractivity contribution in [1.29, 1.82) is 0 Å². The van der Waals surface area contributed by atoms with E-state index in [1.54, 1.807) is 17.5 Å². The largest absolute Gasteiger partial charge is 0.493 e. The third-order valence-corrected chi connectivity index (χ3v) is 3.73. The fourth-order valence-electron chi connectivity index (χ4n) is 1.97. The number of hydrogen-bond donors (Lipinski definition) is 0. The molecule has 0 aliphatic carbocycles. The summed E-state index contributed by atoms with van der Waals surface area (Å²) in [4.78, 5) is 8.36. The molecule has 0 aliphatic heterocycles. The number of para-hydroxylation sites is 1. The summed E-state index contributed by atoms with van der Waals surface area (Å²) in [5, 5.41) is 2.97. The van der Waals surface area contributed by atoms with Crippen LogP contribution in [0, 0.1) is 0 Å². The SMILES string of the molecule is c1ccc(-c2nccs2)c(OCCCn2ccnc2)c1. The topological polar surface area (TPSA) is 39.9 Å². The van der Waals surface area contributed by atoms with E-state index in [2.05, 4.69) is 14.5 Å². The Balaban J connectivity index is 1.60. The maximum Gasteiger partial charge on any atom is 0.129 e. The molecule has 5 heteroatoms. The lowest BCUT2D eigenvalue weighted by Gasteiger charge is -2.10. The van der Waals surface area contributed by atoms with Gasteiger partial charge in [-0.2, -0.15) is 0 Å². The van der Waals surface area contributed by atoms with Crippen molar-refractivity contribution < 1.29 is 4.74 Å². The lowest BCUT2D eigenvalue weighted by molar-refractivity contribution is 0.303. The Bertz CT molecular complexity index is 635. The zero-order valence-corrected chi connectivity index (χ0v) is 11.8. The molecule has 0 saturated heterocycles. The molecule has 1 aromatic carbocycles. The minimum absolute atomic E-state index is 0.681. The van der Waals surface area contributed by atoms with Crippen molar-refractivity contribution in [3.63, 3.8) is 0 Å². The van der Waals surface area contributed by atoms with Gasteiger partial charge in [-0.25, -0.2) is 9.97 Å². The minimum atomic E-state index is 0.681. The molecule has 0 saturated carbocycles. The first-order valence-corrected chi connectivity index (χ1v) is 7.39. The lowest BCUT2D eigenvalue weighted by atomic mass is 10.2. The number of ether oxygens (including phenoxy) is 1. The second-order valence-electron chi connectivity index (χ2n) is 4.34. The molecule has 102 valence electrons. The zero-order chi connectivity index (χ0) is 13.6. The smallest absolute Gasteiger partial charge is 0.129 e. The van der Waals surface area contributed by atoms with Crippen LogP contribution in [0.4, 0.5) is 0 Å². The van der Waals surface area contributed by atoms with E-state index in [0.29, 0.717) is 6.61 Å². The number of benzene rings is 1. The van der Waals surface area contributed by atoms with Gasteiger partial charge in [-0.05, 0) is 18.6 Å². The number of aryl methyl sites for hydroxylation is 1. The summed E-state index contributed by atoms with van der Waals surface area (Å²) in [6.07, 6.45) is 8.34. The van der Waals surface area contributed by atoms with Crippen LogP contribution in [-0.4, -0.2) is 21.1 Å². The van der Waals surface area contributed by atoms with Crippen LogP contribution in [0.1, 0.15) is 6.42 Å². The minimum Gasteiger partial charge on any atom is -0.493 e. The molecule has 0 fully saturated rings. The highest BCUT2D eigenvalue weighted by Gasteiger charge is 2.07. The summed E-state index contributed by atoms with van der Waals surface area (Å²) in [5.41, 5.74) is 1.06. The molecule has 4 nitrogen and oxygen atoms in total. The van der Waals surface area contributed by atoms with Crippen LogP contribution >= 0.6 is 11.3 Å². The Labute approximate surface area is 121 Å². The molecule has 0 unspecified atom stereocenters. The summed E-state index contributed by atoms with van der Waals surface area (Å²) in [5.74, 6) is 0.896.